The molecular formula is C22H24N4O2. The molecule has 0 saturated carbocycles. The molecular weight excluding hydrogens is 352 g/mol. The number of aromatic nitrogens is 3. The van der Waals surface area contributed by atoms with E-state index in [0.29, 0.717) is 13.0 Å². The molecule has 0 aliphatic carbocycles. The summed E-state index contributed by atoms with van der Waals surface area (Å²) in [6.07, 6.45) is 5.80. The summed E-state index contributed by atoms with van der Waals surface area (Å²) in [5.74, 6) is 1.53. The van der Waals surface area contributed by atoms with Gasteiger partial charge in [0.05, 0.1) is 11.7 Å². The smallest absolute Gasteiger partial charge is 0.226 e. The molecule has 2 aromatic heterocycles. The van der Waals surface area contributed by atoms with Gasteiger partial charge in [0.25, 0.3) is 0 Å². The zero-order valence-corrected chi connectivity index (χ0v) is 16.3. The number of anilines is 1. The highest BCUT2D eigenvalue weighted by molar-refractivity contribution is 5.94. The number of hydrogen-bond donors (Lipinski definition) is 1. The zero-order valence-electron chi connectivity index (χ0n) is 16.3. The normalized spacial score (nSPS) is 16.4. The predicted octanol–water partition coefficient (Wildman–Crippen LogP) is 4.09. The molecule has 28 heavy (non-hydrogen) atoms. The maximum Gasteiger partial charge on any atom is 0.226 e. The van der Waals surface area contributed by atoms with Gasteiger partial charge in [0, 0.05) is 35.9 Å². The van der Waals surface area contributed by atoms with Gasteiger partial charge in [-0.1, -0.05) is 18.2 Å². The van der Waals surface area contributed by atoms with Crippen molar-refractivity contribution in [3.63, 3.8) is 0 Å². The molecule has 3 heterocycles. The summed E-state index contributed by atoms with van der Waals surface area (Å²) in [7, 11) is 0. The first-order valence-corrected chi connectivity index (χ1v) is 9.42. The molecule has 4 rings (SSSR count). The summed E-state index contributed by atoms with van der Waals surface area (Å²) < 4.78 is 7.82. The lowest BCUT2D eigenvalue weighted by Gasteiger charge is -2.28. The number of ether oxygens (including phenoxy) is 1. The van der Waals surface area contributed by atoms with Crippen LogP contribution in [0.5, 0.6) is 5.75 Å². The van der Waals surface area contributed by atoms with Gasteiger partial charge in [0.15, 0.2) is 0 Å². The predicted molar refractivity (Wildman–Crippen MR) is 107 cm³/mol. The van der Waals surface area contributed by atoms with Crippen molar-refractivity contribution >= 4 is 11.7 Å². The highest BCUT2D eigenvalue weighted by Crippen LogP contribution is 2.39. The van der Waals surface area contributed by atoms with Crippen LogP contribution < -0.4 is 10.1 Å². The number of carbonyl (C=O) groups excluding carboxylic acids is 1. The molecule has 0 saturated heterocycles. The number of nitrogens with zero attached hydrogens (tertiary/aromatic N) is 3. The largest absolute Gasteiger partial charge is 0.489 e. The van der Waals surface area contributed by atoms with E-state index in [2.05, 4.69) is 36.2 Å². The van der Waals surface area contributed by atoms with Crippen molar-refractivity contribution in [2.45, 2.75) is 45.3 Å². The van der Waals surface area contributed by atoms with Gasteiger partial charge in [0.2, 0.25) is 5.91 Å². The van der Waals surface area contributed by atoms with Crippen LogP contribution in [0, 0.1) is 0 Å². The van der Waals surface area contributed by atoms with Crippen LogP contribution in [0.3, 0.4) is 0 Å². The van der Waals surface area contributed by atoms with Crippen LogP contribution in [0.15, 0.2) is 55.0 Å². The summed E-state index contributed by atoms with van der Waals surface area (Å²) in [6.45, 7) is 6.67. The van der Waals surface area contributed by atoms with Crippen LogP contribution in [-0.2, 0) is 16.9 Å². The minimum Gasteiger partial charge on any atom is -0.489 e. The van der Waals surface area contributed by atoms with E-state index < -0.39 is 0 Å². The van der Waals surface area contributed by atoms with E-state index >= 15 is 0 Å². The fraction of sp³-hybridized carbons (Fsp3) is 0.318. The number of hydrogen-bond acceptors (Lipinski definition) is 4. The molecule has 1 aliphatic rings. The van der Waals surface area contributed by atoms with Crippen molar-refractivity contribution in [3.8, 4) is 5.75 Å². The molecule has 1 aliphatic heterocycles. The van der Waals surface area contributed by atoms with Gasteiger partial charge in [-0.15, -0.1) is 0 Å². The maximum absolute atomic E-state index is 12.4. The standard InChI is InChI=1S/C22H24N4O2/c1-22(2,3)26-21-19(13-24-26)18(11-20(27)25-21)16-7-4-8-17(10-16)28-14-15-6-5-9-23-12-15/h4-10,12-13,18H,11,14H2,1-3H3,(H,25,27)/t18-/m1/s1. The quantitative estimate of drug-likeness (QED) is 0.745. The van der Waals surface area contributed by atoms with E-state index in [4.69, 9.17) is 4.74 Å². The summed E-state index contributed by atoms with van der Waals surface area (Å²) in [4.78, 5) is 16.5. The number of nitrogens with one attached hydrogen (secondary N) is 1. The van der Waals surface area contributed by atoms with E-state index in [-0.39, 0.29) is 17.4 Å². The molecule has 0 radical (unpaired) electrons. The number of pyridine rings is 1. The van der Waals surface area contributed by atoms with Crippen LogP contribution in [-0.4, -0.2) is 20.7 Å². The van der Waals surface area contributed by atoms with Crippen molar-refractivity contribution in [2.75, 3.05) is 5.32 Å². The number of rotatable bonds is 4. The number of amides is 1. The summed E-state index contributed by atoms with van der Waals surface area (Å²) in [6, 6.07) is 11.8. The Morgan fingerprint density at radius 2 is 2.07 bits per heavy atom. The molecule has 1 N–H and O–H groups in total. The Morgan fingerprint density at radius 1 is 1.21 bits per heavy atom. The van der Waals surface area contributed by atoms with Crippen molar-refractivity contribution in [3.05, 3.63) is 71.7 Å². The molecule has 6 nitrogen and oxygen atoms in total. The highest BCUT2D eigenvalue weighted by atomic mass is 16.5. The summed E-state index contributed by atoms with van der Waals surface area (Å²) in [5, 5.41) is 7.54. The van der Waals surface area contributed by atoms with E-state index in [0.717, 1.165) is 28.3 Å². The van der Waals surface area contributed by atoms with Crippen LogP contribution in [0.1, 0.15) is 49.8 Å². The molecule has 3 aromatic rings. The van der Waals surface area contributed by atoms with Crippen LogP contribution in [0.2, 0.25) is 0 Å². The molecule has 0 bridgehead atoms. The fourth-order valence-corrected chi connectivity index (χ4v) is 3.50. The van der Waals surface area contributed by atoms with Gasteiger partial charge in [0.1, 0.15) is 18.2 Å². The Morgan fingerprint density at radius 3 is 2.82 bits per heavy atom. The third kappa shape index (κ3) is 3.63. The lowest BCUT2D eigenvalue weighted by Crippen LogP contribution is -2.30. The van der Waals surface area contributed by atoms with Crippen molar-refractivity contribution in [1.82, 2.24) is 14.8 Å². The second-order valence-corrected chi connectivity index (χ2v) is 8.06. The maximum atomic E-state index is 12.4. The number of carbonyl (C=O) groups is 1. The average molecular weight is 376 g/mol. The van der Waals surface area contributed by atoms with Crippen LogP contribution in [0.4, 0.5) is 5.82 Å². The van der Waals surface area contributed by atoms with Crippen LogP contribution >= 0.6 is 0 Å². The highest BCUT2D eigenvalue weighted by Gasteiger charge is 2.32. The van der Waals surface area contributed by atoms with E-state index in [1.165, 1.54) is 0 Å². The SMILES string of the molecule is CC(C)(C)n1ncc2c1NC(=O)C[C@@H]2c1cccc(OCc2cccnc2)c1. The van der Waals surface area contributed by atoms with Crippen molar-refractivity contribution < 1.29 is 9.53 Å². The fourth-order valence-electron chi connectivity index (χ4n) is 3.50. The number of fused-ring (bicyclic) bond motifs is 1. The van der Waals surface area contributed by atoms with Crippen molar-refractivity contribution in [1.29, 1.82) is 0 Å². The first-order valence-electron chi connectivity index (χ1n) is 9.42. The molecule has 6 heteroatoms. The molecule has 0 fully saturated rings. The Balaban J connectivity index is 1.61. The lowest BCUT2D eigenvalue weighted by molar-refractivity contribution is -0.116. The summed E-state index contributed by atoms with van der Waals surface area (Å²) >= 11 is 0. The van der Waals surface area contributed by atoms with Gasteiger partial charge in [-0.2, -0.15) is 5.10 Å². The molecule has 0 unspecified atom stereocenters. The Hall–Kier alpha value is -3.15. The molecule has 144 valence electrons. The lowest BCUT2D eigenvalue weighted by atomic mass is 9.87. The molecule has 1 aromatic carbocycles. The molecule has 1 atom stereocenters. The monoisotopic (exact) mass is 376 g/mol. The Kier molecular flexibility index (Phi) is 4.63. The minimum absolute atomic E-state index is 0.00480. The van der Waals surface area contributed by atoms with E-state index in [9.17, 15) is 4.79 Å². The Labute approximate surface area is 164 Å². The minimum atomic E-state index is -0.211. The van der Waals surface area contributed by atoms with Gasteiger partial charge in [-0.05, 0) is 44.5 Å². The zero-order chi connectivity index (χ0) is 19.7. The first kappa shape index (κ1) is 18.2. The van der Waals surface area contributed by atoms with Gasteiger partial charge < -0.3 is 10.1 Å². The second kappa shape index (κ2) is 7.11. The molecule has 0 spiro atoms. The van der Waals surface area contributed by atoms with Gasteiger partial charge in [-0.25, -0.2) is 4.68 Å². The van der Waals surface area contributed by atoms with E-state index in [1.807, 2.05) is 47.3 Å². The van der Waals surface area contributed by atoms with E-state index in [1.54, 1.807) is 12.4 Å². The van der Waals surface area contributed by atoms with Gasteiger partial charge in [-0.3, -0.25) is 9.78 Å². The van der Waals surface area contributed by atoms with Crippen LogP contribution in [0.25, 0.3) is 0 Å². The van der Waals surface area contributed by atoms with Gasteiger partial charge >= 0.3 is 0 Å². The summed E-state index contributed by atoms with van der Waals surface area (Å²) in [5.41, 5.74) is 2.89. The third-order valence-corrected chi connectivity index (χ3v) is 4.84. The molecule has 1 amide bonds. The third-order valence-electron chi connectivity index (χ3n) is 4.84. The topological polar surface area (TPSA) is 69.0 Å². The first-order chi connectivity index (χ1) is 13.4. The second-order valence-electron chi connectivity index (χ2n) is 8.06. The Bertz CT molecular complexity index is 989. The average Bonchev–Trinajstić information content (AvgIpc) is 3.11. The van der Waals surface area contributed by atoms with Crippen molar-refractivity contribution in [2.24, 2.45) is 0 Å². The number of benzene rings is 1.